The highest BCUT2D eigenvalue weighted by Crippen LogP contribution is 2.29. The minimum Gasteiger partial charge on any atom is -0.362 e. The molecule has 0 amide bonds. The fraction of sp³-hybridized carbons (Fsp3) is 0.294. The van der Waals surface area contributed by atoms with Crippen molar-refractivity contribution in [1.82, 2.24) is 4.98 Å². The maximum atomic E-state index is 9.16. The monoisotopic (exact) mass is 265 g/mol. The van der Waals surface area contributed by atoms with Crippen molar-refractivity contribution < 1.29 is 0 Å². The number of aryl methyl sites for hydroxylation is 3. The molecule has 0 atom stereocenters. The van der Waals surface area contributed by atoms with Crippen LogP contribution in [0.1, 0.15) is 22.3 Å². The van der Waals surface area contributed by atoms with Gasteiger partial charge in [-0.15, -0.1) is 0 Å². The van der Waals surface area contributed by atoms with Crippen LogP contribution in [-0.2, 0) is 0 Å². The summed E-state index contributed by atoms with van der Waals surface area (Å²) in [6.45, 7) is 6.30. The fourth-order valence-corrected chi connectivity index (χ4v) is 2.60. The topological polar surface area (TPSA) is 39.9 Å². The molecule has 0 saturated heterocycles. The number of anilines is 1. The first kappa shape index (κ1) is 14.1. The fourth-order valence-electron chi connectivity index (χ4n) is 2.60. The molecule has 0 spiro atoms. The molecule has 2 aromatic rings. The van der Waals surface area contributed by atoms with Crippen LogP contribution in [0.3, 0.4) is 0 Å². The Bertz CT molecular complexity index is 671. The molecule has 0 saturated carbocycles. The number of benzene rings is 1. The highest BCUT2D eigenvalue weighted by atomic mass is 15.1. The molecule has 1 aromatic carbocycles. The third-order valence-corrected chi connectivity index (χ3v) is 3.35. The van der Waals surface area contributed by atoms with Crippen LogP contribution in [0.5, 0.6) is 0 Å². The van der Waals surface area contributed by atoms with Crippen molar-refractivity contribution in [3.05, 3.63) is 46.5 Å². The van der Waals surface area contributed by atoms with E-state index in [1.54, 1.807) is 0 Å². The van der Waals surface area contributed by atoms with E-state index in [1.807, 2.05) is 31.1 Å². The lowest BCUT2D eigenvalue weighted by atomic mass is 9.96. The molecule has 20 heavy (non-hydrogen) atoms. The molecule has 2 rings (SSSR count). The van der Waals surface area contributed by atoms with Crippen molar-refractivity contribution in [3.63, 3.8) is 0 Å². The normalized spacial score (nSPS) is 10.2. The van der Waals surface area contributed by atoms with E-state index in [4.69, 9.17) is 5.26 Å². The summed E-state index contributed by atoms with van der Waals surface area (Å²) in [5.41, 5.74) is 6.35. The number of hydrogen-bond acceptors (Lipinski definition) is 3. The van der Waals surface area contributed by atoms with Crippen LogP contribution in [0.25, 0.3) is 11.3 Å². The average molecular weight is 265 g/mol. The lowest BCUT2D eigenvalue weighted by Crippen LogP contribution is -2.13. The van der Waals surface area contributed by atoms with Crippen LogP contribution in [0.15, 0.2) is 24.3 Å². The predicted octanol–water partition coefficient (Wildman–Crippen LogP) is 3.61. The number of nitriles is 1. The van der Waals surface area contributed by atoms with E-state index in [2.05, 4.69) is 44.0 Å². The van der Waals surface area contributed by atoms with Crippen molar-refractivity contribution in [1.29, 1.82) is 5.26 Å². The molecule has 0 radical (unpaired) electrons. The summed E-state index contributed by atoms with van der Waals surface area (Å²) < 4.78 is 0. The van der Waals surface area contributed by atoms with Gasteiger partial charge in [0.15, 0.2) is 0 Å². The molecule has 3 heteroatoms. The predicted molar refractivity (Wildman–Crippen MR) is 82.9 cm³/mol. The van der Waals surface area contributed by atoms with Gasteiger partial charge in [0.25, 0.3) is 0 Å². The van der Waals surface area contributed by atoms with E-state index in [0.29, 0.717) is 11.4 Å². The highest BCUT2D eigenvalue weighted by molar-refractivity contribution is 5.71. The molecule has 0 aliphatic carbocycles. The zero-order valence-electron chi connectivity index (χ0n) is 12.7. The van der Waals surface area contributed by atoms with Gasteiger partial charge in [-0.1, -0.05) is 17.7 Å². The molecule has 0 unspecified atom stereocenters. The van der Waals surface area contributed by atoms with Gasteiger partial charge < -0.3 is 4.90 Å². The number of nitrogens with zero attached hydrogens (tertiary/aromatic N) is 3. The second-order valence-corrected chi connectivity index (χ2v) is 5.35. The van der Waals surface area contributed by atoms with E-state index >= 15 is 0 Å². The largest absolute Gasteiger partial charge is 0.362 e. The van der Waals surface area contributed by atoms with Crippen LogP contribution in [0.4, 0.5) is 5.82 Å². The van der Waals surface area contributed by atoms with E-state index in [9.17, 15) is 0 Å². The molecular weight excluding hydrogens is 246 g/mol. The standard InChI is InChI=1S/C17H19N3/c1-11-8-12(2)16(13(3)9-11)15-7-6-14(10-18)17(19-15)20(4)5/h6-9H,1-5H3. The summed E-state index contributed by atoms with van der Waals surface area (Å²) in [5.74, 6) is 0.712. The molecular formula is C17H19N3. The molecule has 0 N–H and O–H groups in total. The summed E-state index contributed by atoms with van der Waals surface area (Å²) in [7, 11) is 3.81. The molecule has 1 heterocycles. The van der Waals surface area contributed by atoms with Gasteiger partial charge >= 0.3 is 0 Å². The van der Waals surface area contributed by atoms with Gasteiger partial charge in [0.05, 0.1) is 11.3 Å². The van der Waals surface area contributed by atoms with Gasteiger partial charge in [0.2, 0.25) is 0 Å². The van der Waals surface area contributed by atoms with Crippen LogP contribution in [0, 0.1) is 32.1 Å². The van der Waals surface area contributed by atoms with Crippen molar-refractivity contribution in [2.45, 2.75) is 20.8 Å². The second-order valence-electron chi connectivity index (χ2n) is 5.35. The number of aromatic nitrogens is 1. The summed E-state index contributed by atoms with van der Waals surface area (Å²) in [4.78, 5) is 6.54. The molecule has 3 nitrogen and oxygen atoms in total. The minimum atomic E-state index is 0.598. The first-order chi connectivity index (χ1) is 9.43. The van der Waals surface area contributed by atoms with E-state index in [-0.39, 0.29) is 0 Å². The highest BCUT2D eigenvalue weighted by Gasteiger charge is 2.12. The second kappa shape index (κ2) is 5.34. The first-order valence-electron chi connectivity index (χ1n) is 6.60. The zero-order chi connectivity index (χ0) is 14.9. The first-order valence-corrected chi connectivity index (χ1v) is 6.60. The van der Waals surface area contributed by atoms with E-state index in [0.717, 1.165) is 11.3 Å². The summed E-state index contributed by atoms with van der Waals surface area (Å²) in [6.07, 6.45) is 0. The summed E-state index contributed by atoms with van der Waals surface area (Å²) in [6, 6.07) is 10.3. The van der Waals surface area contributed by atoms with Gasteiger partial charge in [-0.3, -0.25) is 0 Å². The van der Waals surface area contributed by atoms with Crippen molar-refractivity contribution in [2.75, 3.05) is 19.0 Å². The lowest BCUT2D eigenvalue weighted by Gasteiger charge is -2.16. The molecule has 0 aliphatic rings. The van der Waals surface area contributed by atoms with E-state index < -0.39 is 0 Å². The lowest BCUT2D eigenvalue weighted by molar-refractivity contribution is 1.06. The van der Waals surface area contributed by atoms with Crippen molar-refractivity contribution in [2.24, 2.45) is 0 Å². The average Bonchev–Trinajstić information content (AvgIpc) is 2.37. The maximum Gasteiger partial charge on any atom is 0.146 e. The van der Waals surface area contributed by atoms with Crippen LogP contribution in [-0.4, -0.2) is 19.1 Å². The summed E-state index contributed by atoms with van der Waals surface area (Å²) in [5, 5.41) is 9.16. The molecule has 102 valence electrons. The SMILES string of the molecule is Cc1cc(C)c(-c2ccc(C#N)c(N(C)C)n2)c(C)c1. The van der Waals surface area contributed by atoms with Crippen molar-refractivity contribution in [3.8, 4) is 17.3 Å². The van der Waals surface area contributed by atoms with Gasteiger partial charge in [-0.25, -0.2) is 4.98 Å². The maximum absolute atomic E-state index is 9.16. The van der Waals surface area contributed by atoms with Crippen LogP contribution in [0.2, 0.25) is 0 Å². The Labute approximate surface area is 120 Å². The third kappa shape index (κ3) is 2.50. The third-order valence-electron chi connectivity index (χ3n) is 3.35. The Kier molecular flexibility index (Phi) is 3.76. The smallest absolute Gasteiger partial charge is 0.146 e. The van der Waals surface area contributed by atoms with Crippen molar-refractivity contribution >= 4 is 5.82 Å². The molecule has 0 bridgehead atoms. The Morgan fingerprint density at radius 2 is 1.65 bits per heavy atom. The van der Waals surface area contributed by atoms with Crippen LogP contribution < -0.4 is 4.90 Å². The number of hydrogen-bond donors (Lipinski definition) is 0. The number of pyridine rings is 1. The Balaban J connectivity index is 2.66. The molecule has 1 aromatic heterocycles. The Morgan fingerprint density at radius 3 is 2.15 bits per heavy atom. The van der Waals surface area contributed by atoms with Gasteiger partial charge in [0.1, 0.15) is 11.9 Å². The minimum absolute atomic E-state index is 0.598. The van der Waals surface area contributed by atoms with Gasteiger partial charge in [-0.05, 0) is 44.0 Å². The van der Waals surface area contributed by atoms with Gasteiger partial charge in [-0.2, -0.15) is 5.26 Å². The number of rotatable bonds is 2. The zero-order valence-corrected chi connectivity index (χ0v) is 12.7. The molecule has 0 aliphatic heterocycles. The Hall–Kier alpha value is -2.34. The quantitative estimate of drug-likeness (QED) is 0.832. The van der Waals surface area contributed by atoms with Crippen LogP contribution >= 0.6 is 0 Å². The van der Waals surface area contributed by atoms with E-state index in [1.165, 1.54) is 16.7 Å². The summed E-state index contributed by atoms with van der Waals surface area (Å²) >= 11 is 0. The van der Waals surface area contributed by atoms with Gasteiger partial charge in [0, 0.05) is 19.7 Å². The Morgan fingerprint density at radius 1 is 1.05 bits per heavy atom. The molecule has 0 fully saturated rings.